The fraction of sp³-hybridized carbons (Fsp3) is 0.600. The van der Waals surface area contributed by atoms with Gasteiger partial charge in [0.15, 0.2) is 0 Å². The number of aromatic nitrogens is 2. The molecule has 1 aromatic heterocycles. The first kappa shape index (κ1) is 11.9. The summed E-state index contributed by atoms with van der Waals surface area (Å²) in [5, 5.41) is 15.3. The predicted molar refractivity (Wildman–Crippen MR) is 60.3 cm³/mol. The van der Waals surface area contributed by atoms with E-state index in [0.29, 0.717) is 18.7 Å². The minimum Gasteiger partial charge on any atom is -0.394 e. The Morgan fingerprint density at radius 2 is 2.53 bits per heavy atom. The van der Waals surface area contributed by atoms with Gasteiger partial charge in [-0.2, -0.15) is 5.10 Å². The van der Waals surface area contributed by atoms with Crippen LogP contribution in [-0.4, -0.2) is 58.0 Å². The molecular weight excluding hydrogens is 224 g/mol. The molecule has 2 heterocycles. The first-order valence-corrected chi connectivity index (χ1v) is 5.46. The minimum absolute atomic E-state index is 0.0991. The molecule has 7 nitrogen and oxygen atoms in total. The molecule has 2 rings (SSSR count). The van der Waals surface area contributed by atoms with E-state index < -0.39 is 0 Å². The van der Waals surface area contributed by atoms with Crippen molar-refractivity contribution in [2.24, 2.45) is 0 Å². The zero-order valence-electron chi connectivity index (χ0n) is 9.59. The average Bonchev–Trinajstić information content (AvgIpc) is 2.73. The van der Waals surface area contributed by atoms with Gasteiger partial charge in [-0.1, -0.05) is 0 Å². The van der Waals surface area contributed by atoms with Crippen molar-refractivity contribution in [3.05, 3.63) is 11.8 Å². The van der Waals surface area contributed by atoms with Crippen LogP contribution in [0.2, 0.25) is 0 Å². The van der Waals surface area contributed by atoms with Crippen LogP contribution in [-0.2, 0) is 4.74 Å². The summed E-state index contributed by atoms with van der Waals surface area (Å²) < 4.78 is 5.46. The van der Waals surface area contributed by atoms with Crippen LogP contribution in [0.4, 0.5) is 5.82 Å². The van der Waals surface area contributed by atoms with Gasteiger partial charge in [0.1, 0.15) is 11.4 Å². The van der Waals surface area contributed by atoms with E-state index in [2.05, 4.69) is 10.2 Å². The molecule has 1 amide bonds. The quantitative estimate of drug-likeness (QED) is 0.628. The number of hydrogen-bond donors (Lipinski definition) is 3. The molecule has 1 saturated heterocycles. The van der Waals surface area contributed by atoms with Gasteiger partial charge >= 0.3 is 0 Å². The van der Waals surface area contributed by atoms with Crippen molar-refractivity contribution in [3.63, 3.8) is 0 Å². The number of nitrogens with zero attached hydrogens (tertiary/aromatic N) is 2. The van der Waals surface area contributed by atoms with Crippen molar-refractivity contribution in [2.75, 3.05) is 25.4 Å². The molecular formula is C10H16N4O3. The second-order valence-corrected chi connectivity index (χ2v) is 4.16. The molecule has 1 aliphatic rings. The van der Waals surface area contributed by atoms with Crippen LogP contribution >= 0.6 is 0 Å². The van der Waals surface area contributed by atoms with Gasteiger partial charge in [0.2, 0.25) is 0 Å². The maximum Gasteiger partial charge on any atom is 0.259 e. The summed E-state index contributed by atoms with van der Waals surface area (Å²) in [6.45, 7) is 2.61. The Bertz CT molecular complexity index is 406. The zero-order chi connectivity index (χ0) is 12.4. The van der Waals surface area contributed by atoms with E-state index in [0.717, 1.165) is 0 Å². The number of amides is 1. The summed E-state index contributed by atoms with van der Waals surface area (Å²) in [6, 6.07) is 0. The van der Waals surface area contributed by atoms with Crippen LogP contribution in [0.5, 0.6) is 0 Å². The highest BCUT2D eigenvalue weighted by molar-refractivity contribution is 5.98. The van der Waals surface area contributed by atoms with Crippen LogP contribution in [0.15, 0.2) is 6.20 Å². The van der Waals surface area contributed by atoms with Crippen molar-refractivity contribution >= 4 is 11.7 Å². The van der Waals surface area contributed by atoms with Crippen molar-refractivity contribution in [1.29, 1.82) is 0 Å². The lowest BCUT2D eigenvalue weighted by Gasteiger charge is -2.35. The molecule has 0 aliphatic carbocycles. The third-order valence-electron chi connectivity index (χ3n) is 2.72. The molecule has 4 N–H and O–H groups in total. The fourth-order valence-electron chi connectivity index (χ4n) is 1.95. The van der Waals surface area contributed by atoms with Crippen molar-refractivity contribution in [3.8, 4) is 0 Å². The third-order valence-corrected chi connectivity index (χ3v) is 2.72. The lowest BCUT2D eigenvalue weighted by atomic mass is 10.2. The number of carbonyl (C=O) groups is 1. The monoisotopic (exact) mass is 240 g/mol. The summed E-state index contributed by atoms with van der Waals surface area (Å²) in [6.07, 6.45) is 0.972. The number of nitrogen functional groups attached to an aromatic ring is 1. The fourth-order valence-corrected chi connectivity index (χ4v) is 1.95. The Morgan fingerprint density at radius 3 is 3.12 bits per heavy atom. The topological polar surface area (TPSA) is 104 Å². The summed E-state index contributed by atoms with van der Waals surface area (Å²) >= 11 is 0. The number of H-pyrrole nitrogens is 1. The number of aromatic amines is 1. The Morgan fingerprint density at radius 1 is 1.76 bits per heavy atom. The van der Waals surface area contributed by atoms with Gasteiger partial charge in [0.05, 0.1) is 25.0 Å². The smallest absolute Gasteiger partial charge is 0.259 e. The molecule has 0 saturated carbocycles. The van der Waals surface area contributed by atoms with E-state index in [4.69, 9.17) is 15.6 Å². The first-order chi connectivity index (χ1) is 8.11. The SMILES string of the molecule is CC1CN(C(=O)c2cn[nH]c2N)CC(CO)O1. The number of rotatable bonds is 2. The summed E-state index contributed by atoms with van der Waals surface area (Å²) in [4.78, 5) is 13.8. The average molecular weight is 240 g/mol. The lowest BCUT2D eigenvalue weighted by molar-refractivity contribution is -0.0858. The molecule has 0 bridgehead atoms. The van der Waals surface area contributed by atoms with E-state index in [-0.39, 0.29) is 30.5 Å². The molecule has 0 radical (unpaired) electrons. The van der Waals surface area contributed by atoms with E-state index >= 15 is 0 Å². The second-order valence-electron chi connectivity index (χ2n) is 4.16. The van der Waals surface area contributed by atoms with E-state index in [9.17, 15) is 4.79 Å². The number of ether oxygens (including phenoxy) is 1. The Balaban J connectivity index is 2.11. The molecule has 2 unspecified atom stereocenters. The molecule has 7 heteroatoms. The molecule has 0 spiro atoms. The van der Waals surface area contributed by atoms with Gasteiger partial charge < -0.3 is 20.5 Å². The number of aliphatic hydroxyl groups is 1. The third kappa shape index (κ3) is 2.40. The molecule has 0 aromatic carbocycles. The van der Waals surface area contributed by atoms with Crippen LogP contribution in [0.25, 0.3) is 0 Å². The molecule has 17 heavy (non-hydrogen) atoms. The predicted octanol–water partition coefficient (Wildman–Crippen LogP) is -0.786. The van der Waals surface area contributed by atoms with Gasteiger partial charge in [-0.15, -0.1) is 0 Å². The van der Waals surface area contributed by atoms with Crippen LogP contribution in [0.3, 0.4) is 0 Å². The number of nitrogens with two attached hydrogens (primary N) is 1. The number of aliphatic hydroxyl groups excluding tert-OH is 1. The lowest BCUT2D eigenvalue weighted by Crippen LogP contribution is -2.50. The standard InChI is InChI=1S/C10H16N4O3/c1-6-3-14(4-7(5-15)17-6)10(16)8-2-12-13-9(8)11/h2,6-7,15H,3-5H2,1H3,(H3,11,12,13). The molecule has 1 aromatic rings. The highest BCUT2D eigenvalue weighted by Crippen LogP contribution is 2.16. The van der Waals surface area contributed by atoms with Gasteiger partial charge in [0.25, 0.3) is 5.91 Å². The Kier molecular flexibility index (Phi) is 3.30. The Hall–Kier alpha value is -1.60. The van der Waals surface area contributed by atoms with Crippen LogP contribution in [0.1, 0.15) is 17.3 Å². The number of hydrogen-bond acceptors (Lipinski definition) is 5. The van der Waals surface area contributed by atoms with E-state index in [1.165, 1.54) is 6.20 Å². The highest BCUT2D eigenvalue weighted by atomic mass is 16.5. The number of morpholine rings is 1. The van der Waals surface area contributed by atoms with Gasteiger partial charge in [-0.25, -0.2) is 0 Å². The van der Waals surface area contributed by atoms with E-state index in [1.807, 2.05) is 6.92 Å². The summed E-state index contributed by atoms with van der Waals surface area (Å²) in [5.41, 5.74) is 5.96. The van der Waals surface area contributed by atoms with Gasteiger partial charge in [-0.3, -0.25) is 9.89 Å². The Labute approximate surface area is 98.5 Å². The van der Waals surface area contributed by atoms with Crippen molar-refractivity contribution in [1.82, 2.24) is 15.1 Å². The summed E-state index contributed by atoms with van der Waals surface area (Å²) in [5.74, 6) is 0.0690. The summed E-state index contributed by atoms with van der Waals surface area (Å²) in [7, 11) is 0. The van der Waals surface area contributed by atoms with Crippen molar-refractivity contribution in [2.45, 2.75) is 19.1 Å². The van der Waals surface area contributed by atoms with Crippen molar-refractivity contribution < 1.29 is 14.6 Å². The van der Waals surface area contributed by atoms with Gasteiger partial charge in [0, 0.05) is 13.1 Å². The molecule has 94 valence electrons. The molecule has 1 fully saturated rings. The largest absolute Gasteiger partial charge is 0.394 e. The maximum atomic E-state index is 12.1. The van der Waals surface area contributed by atoms with E-state index in [1.54, 1.807) is 4.90 Å². The van der Waals surface area contributed by atoms with Crippen LogP contribution < -0.4 is 5.73 Å². The van der Waals surface area contributed by atoms with Crippen LogP contribution in [0, 0.1) is 0 Å². The molecule has 1 aliphatic heterocycles. The number of carbonyl (C=O) groups excluding carboxylic acids is 1. The number of anilines is 1. The highest BCUT2D eigenvalue weighted by Gasteiger charge is 2.29. The minimum atomic E-state index is -0.337. The second kappa shape index (κ2) is 4.72. The zero-order valence-corrected chi connectivity index (χ0v) is 9.59. The van der Waals surface area contributed by atoms with Gasteiger partial charge in [-0.05, 0) is 6.92 Å². The first-order valence-electron chi connectivity index (χ1n) is 5.46. The maximum absolute atomic E-state index is 12.1. The molecule has 2 atom stereocenters. The number of nitrogens with one attached hydrogen (secondary N) is 1. The normalized spacial score (nSPS) is 24.9.